The molecule has 1 N–H and O–H groups in total. The molecular formula is C23H28N2O5S. The molecule has 8 heteroatoms. The Hall–Kier alpha value is -2.87. The van der Waals surface area contributed by atoms with Crippen molar-refractivity contribution in [2.75, 3.05) is 16.3 Å². The molecule has 0 radical (unpaired) electrons. The summed E-state index contributed by atoms with van der Waals surface area (Å²) in [7, 11) is -3.37. The molecule has 31 heavy (non-hydrogen) atoms. The highest BCUT2D eigenvalue weighted by Crippen LogP contribution is 2.39. The summed E-state index contributed by atoms with van der Waals surface area (Å²) < 4.78 is 24.7. The van der Waals surface area contributed by atoms with Crippen LogP contribution in [0.5, 0.6) is 0 Å². The van der Waals surface area contributed by atoms with Crippen LogP contribution in [0, 0.1) is 0 Å². The molecule has 166 valence electrons. The summed E-state index contributed by atoms with van der Waals surface area (Å²) in [6.07, 6.45) is 0.0277. The topological polar surface area (TPSA) is 95.0 Å². The predicted octanol–water partition coefficient (Wildman–Crippen LogP) is 4.56. The van der Waals surface area contributed by atoms with E-state index in [0.717, 1.165) is 11.1 Å². The fraction of sp³-hybridized carbons (Fsp3) is 0.391. The Balaban J connectivity index is 2.05. The zero-order chi connectivity index (χ0) is 22.9. The molecule has 0 fully saturated rings. The Morgan fingerprint density at radius 2 is 1.68 bits per heavy atom. The van der Waals surface area contributed by atoms with E-state index >= 15 is 0 Å². The lowest BCUT2D eigenvalue weighted by molar-refractivity contribution is -0.119. The van der Waals surface area contributed by atoms with Crippen molar-refractivity contribution in [3.8, 4) is 11.1 Å². The highest BCUT2D eigenvalue weighted by Gasteiger charge is 2.34. The van der Waals surface area contributed by atoms with E-state index in [1.54, 1.807) is 55.1 Å². The summed E-state index contributed by atoms with van der Waals surface area (Å²) in [5, 5.41) is 9.21. The Labute approximate surface area is 183 Å². The first-order valence-electron chi connectivity index (χ1n) is 10.4. The summed E-state index contributed by atoms with van der Waals surface area (Å²) in [5.41, 5.74) is 2.53. The van der Waals surface area contributed by atoms with Crippen LogP contribution in [0.4, 0.5) is 16.2 Å². The highest BCUT2D eigenvalue weighted by atomic mass is 32.2. The van der Waals surface area contributed by atoms with Crippen molar-refractivity contribution in [2.45, 2.75) is 56.7 Å². The maximum absolute atomic E-state index is 12.7. The number of anilines is 2. The second-order valence-corrected chi connectivity index (χ2v) is 10.6. The largest absolute Gasteiger partial charge is 0.465 e. The molecule has 2 aromatic carbocycles. The van der Waals surface area contributed by atoms with Crippen LogP contribution in [-0.4, -0.2) is 43.4 Å². The molecule has 1 heterocycles. The molecule has 1 aliphatic heterocycles. The monoisotopic (exact) mass is 444 g/mol. The number of fused-ring (bicyclic) bond motifs is 1. The average molecular weight is 445 g/mol. The van der Waals surface area contributed by atoms with Crippen LogP contribution in [-0.2, 0) is 14.6 Å². The second kappa shape index (κ2) is 8.70. The lowest BCUT2D eigenvalue weighted by atomic mass is 10.0. The SMILES string of the molecule is CCCC(=O)N1c2ccc(-c3ccc(S(=O)(=O)C(C)C)cc3)cc2N(C(=O)O)C[C@@H]1C. The van der Waals surface area contributed by atoms with Gasteiger partial charge in [-0.1, -0.05) is 25.1 Å². The molecule has 3 rings (SSSR count). The molecule has 7 nitrogen and oxygen atoms in total. The van der Waals surface area contributed by atoms with E-state index in [1.165, 1.54) is 4.90 Å². The van der Waals surface area contributed by atoms with Crippen molar-refractivity contribution in [1.29, 1.82) is 0 Å². The van der Waals surface area contributed by atoms with Crippen molar-refractivity contribution >= 4 is 33.2 Å². The van der Waals surface area contributed by atoms with Gasteiger partial charge in [0.25, 0.3) is 0 Å². The first-order chi connectivity index (χ1) is 14.6. The molecule has 0 bridgehead atoms. The Morgan fingerprint density at radius 1 is 1.06 bits per heavy atom. The Kier molecular flexibility index (Phi) is 6.40. The van der Waals surface area contributed by atoms with Crippen LogP contribution < -0.4 is 9.80 Å². The van der Waals surface area contributed by atoms with Crippen molar-refractivity contribution in [3.05, 3.63) is 42.5 Å². The number of benzene rings is 2. The Morgan fingerprint density at radius 3 is 2.23 bits per heavy atom. The minimum atomic E-state index is -3.37. The van der Waals surface area contributed by atoms with E-state index in [0.29, 0.717) is 24.2 Å². The number of carbonyl (C=O) groups excluding carboxylic acids is 1. The van der Waals surface area contributed by atoms with Gasteiger partial charge in [0, 0.05) is 13.0 Å². The smallest absolute Gasteiger partial charge is 0.411 e. The van der Waals surface area contributed by atoms with Crippen LogP contribution in [0.3, 0.4) is 0 Å². The van der Waals surface area contributed by atoms with Crippen molar-refractivity contribution in [2.24, 2.45) is 0 Å². The first-order valence-corrected chi connectivity index (χ1v) is 11.9. The molecule has 0 saturated heterocycles. The number of carboxylic acid groups (broad SMARTS) is 1. The molecule has 2 amide bonds. The summed E-state index contributed by atoms with van der Waals surface area (Å²) in [5.74, 6) is -0.0303. The fourth-order valence-corrected chi connectivity index (χ4v) is 4.87. The molecule has 1 atom stereocenters. The number of hydrogen-bond acceptors (Lipinski definition) is 4. The normalized spacial score (nSPS) is 16.4. The van der Waals surface area contributed by atoms with Gasteiger partial charge in [0.1, 0.15) is 0 Å². The number of carbonyl (C=O) groups is 2. The predicted molar refractivity (Wildman–Crippen MR) is 121 cm³/mol. The molecule has 0 saturated carbocycles. The first kappa shape index (κ1) is 22.8. The summed E-state index contributed by atoms with van der Waals surface area (Å²) in [6.45, 7) is 7.24. The second-order valence-electron chi connectivity index (χ2n) is 8.08. The van der Waals surface area contributed by atoms with Gasteiger partial charge in [-0.3, -0.25) is 9.69 Å². The quantitative estimate of drug-likeness (QED) is 0.730. The van der Waals surface area contributed by atoms with Crippen LogP contribution >= 0.6 is 0 Å². The van der Waals surface area contributed by atoms with Crippen molar-refractivity contribution in [3.63, 3.8) is 0 Å². The van der Waals surface area contributed by atoms with Crippen LogP contribution in [0.25, 0.3) is 11.1 Å². The third-order valence-electron chi connectivity index (χ3n) is 5.51. The molecule has 0 aromatic heterocycles. The van der Waals surface area contributed by atoms with E-state index in [2.05, 4.69) is 0 Å². The summed E-state index contributed by atoms with van der Waals surface area (Å²) >= 11 is 0. The minimum absolute atomic E-state index is 0.0303. The number of nitrogens with zero attached hydrogens (tertiary/aromatic N) is 2. The average Bonchev–Trinajstić information content (AvgIpc) is 2.72. The van der Waals surface area contributed by atoms with Crippen LogP contribution in [0.1, 0.15) is 40.5 Å². The van der Waals surface area contributed by atoms with Crippen LogP contribution in [0.2, 0.25) is 0 Å². The van der Waals surface area contributed by atoms with Crippen LogP contribution in [0.15, 0.2) is 47.4 Å². The maximum atomic E-state index is 12.7. The Bertz CT molecular complexity index is 1090. The highest BCUT2D eigenvalue weighted by molar-refractivity contribution is 7.92. The molecule has 0 spiro atoms. The van der Waals surface area contributed by atoms with Gasteiger partial charge in [-0.2, -0.15) is 0 Å². The minimum Gasteiger partial charge on any atom is -0.465 e. The van der Waals surface area contributed by atoms with E-state index in [9.17, 15) is 23.1 Å². The van der Waals surface area contributed by atoms with E-state index < -0.39 is 21.2 Å². The van der Waals surface area contributed by atoms with Gasteiger partial charge in [-0.25, -0.2) is 13.2 Å². The van der Waals surface area contributed by atoms with Crippen molar-refractivity contribution < 1.29 is 23.1 Å². The van der Waals surface area contributed by atoms with E-state index in [4.69, 9.17) is 0 Å². The number of rotatable bonds is 5. The van der Waals surface area contributed by atoms with Gasteiger partial charge in [0.15, 0.2) is 9.84 Å². The fourth-order valence-electron chi connectivity index (χ4n) is 3.81. The number of sulfone groups is 1. The zero-order valence-corrected chi connectivity index (χ0v) is 19.0. The number of hydrogen-bond donors (Lipinski definition) is 1. The third-order valence-corrected chi connectivity index (χ3v) is 7.68. The van der Waals surface area contributed by atoms with Gasteiger partial charge in [-0.15, -0.1) is 0 Å². The molecule has 1 aliphatic rings. The molecule has 2 aromatic rings. The van der Waals surface area contributed by atoms with Gasteiger partial charge in [0.2, 0.25) is 5.91 Å². The zero-order valence-electron chi connectivity index (χ0n) is 18.2. The maximum Gasteiger partial charge on any atom is 0.411 e. The lowest BCUT2D eigenvalue weighted by Gasteiger charge is -2.40. The summed E-state index contributed by atoms with van der Waals surface area (Å²) in [4.78, 5) is 27.8. The van der Waals surface area contributed by atoms with Gasteiger partial charge >= 0.3 is 6.09 Å². The van der Waals surface area contributed by atoms with Gasteiger partial charge in [0.05, 0.1) is 27.6 Å². The molecule has 0 unspecified atom stereocenters. The van der Waals surface area contributed by atoms with Gasteiger partial charge < -0.3 is 10.0 Å². The van der Waals surface area contributed by atoms with E-state index in [-0.39, 0.29) is 23.4 Å². The van der Waals surface area contributed by atoms with Gasteiger partial charge in [-0.05, 0) is 62.6 Å². The molecule has 0 aliphatic carbocycles. The van der Waals surface area contributed by atoms with E-state index in [1.807, 2.05) is 19.9 Å². The lowest BCUT2D eigenvalue weighted by Crippen LogP contribution is -2.51. The third kappa shape index (κ3) is 4.30. The molecular weight excluding hydrogens is 416 g/mol. The standard InChI is InChI=1S/C23H28N2O5S/c1-5-6-22(26)25-16(4)14-24(23(27)28)21-13-18(9-12-20(21)25)17-7-10-19(11-8-17)31(29,30)15(2)3/h7-13,15-16H,5-6,14H2,1-4H3,(H,27,28)/t16-/m0/s1. The number of amides is 2. The summed E-state index contributed by atoms with van der Waals surface area (Å²) in [6, 6.07) is 11.6. The van der Waals surface area contributed by atoms with Crippen molar-refractivity contribution in [1.82, 2.24) is 0 Å².